The number of carbonyl (C=O) groups excluding carboxylic acids is 1. The van der Waals surface area contributed by atoms with Gasteiger partial charge in [-0.25, -0.2) is 4.79 Å². The number of carboxylic acid groups (broad SMARTS) is 1. The number of amides is 2. The fourth-order valence-electron chi connectivity index (χ4n) is 1.51. The van der Waals surface area contributed by atoms with Crippen LogP contribution >= 0.6 is 0 Å². The van der Waals surface area contributed by atoms with Gasteiger partial charge in [0.2, 0.25) is 0 Å². The molecule has 0 heterocycles. The van der Waals surface area contributed by atoms with Gasteiger partial charge >= 0.3 is 12.0 Å². The van der Waals surface area contributed by atoms with Gasteiger partial charge in [-0.15, -0.1) is 0 Å². The summed E-state index contributed by atoms with van der Waals surface area (Å²) >= 11 is 0. The monoisotopic (exact) mass is 274 g/mol. The summed E-state index contributed by atoms with van der Waals surface area (Å²) in [6.45, 7) is 9.69. The molecule has 0 bridgehead atoms. The van der Waals surface area contributed by atoms with E-state index in [1.807, 2.05) is 13.8 Å². The zero-order valence-electron chi connectivity index (χ0n) is 12.3. The summed E-state index contributed by atoms with van der Waals surface area (Å²) in [6, 6.07) is 0.0425. The Bertz CT molecular complexity index is 280. The standard InChI is InChI=1S/C13H26N2O4/c1-10(2)9-15(11(3)4)13(18)14-6-8-19-7-5-12(16)17/h10-11H,5-9H2,1-4H3,(H,14,18)(H,16,17). The molecule has 6 nitrogen and oxygen atoms in total. The maximum atomic E-state index is 11.9. The molecule has 2 N–H and O–H groups in total. The number of hydrogen-bond acceptors (Lipinski definition) is 3. The van der Waals surface area contributed by atoms with Crippen LogP contribution in [0.3, 0.4) is 0 Å². The second-order valence-electron chi connectivity index (χ2n) is 5.13. The molecule has 19 heavy (non-hydrogen) atoms. The predicted octanol–water partition coefficient (Wildman–Crippen LogP) is 1.55. The van der Waals surface area contributed by atoms with Gasteiger partial charge in [-0.05, 0) is 19.8 Å². The highest BCUT2D eigenvalue weighted by Crippen LogP contribution is 2.04. The molecular formula is C13H26N2O4. The Morgan fingerprint density at radius 3 is 2.32 bits per heavy atom. The van der Waals surface area contributed by atoms with E-state index < -0.39 is 5.97 Å². The molecule has 0 saturated heterocycles. The highest BCUT2D eigenvalue weighted by atomic mass is 16.5. The van der Waals surface area contributed by atoms with Crippen molar-refractivity contribution in [2.24, 2.45) is 5.92 Å². The van der Waals surface area contributed by atoms with Crippen LogP contribution in [0.25, 0.3) is 0 Å². The summed E-state index contributed by atoms with van der Waals surface area (Å²) < 4.78 is 5.10. The zero-order valence-corrected chi connectivity index (χ0v) is 12.3. The Kier molecular flexibility index (Phi) is 8.95. The minimum Gasteiger partial charge on any atom is -0.481 e. The maximum Gasteiger partial charge on any atom is 0.317 e. The highest BCUT2D eigenvalue weighted by molar-refractivity contribution is 5.74. The van der Waals surface area contributed by atoms with Crippen LogP contribution in [-0.4, -0.2) is 54.4 Å². The lowest BCUT2D eigenvalue weighted by molar-refractivity contribution is -0.138. The number of hydrogen-bond donors (Lipinski definition) is 2. The van der Waals surface area contributed by atoms with Gasteiger partial charge in [0.25, 0.3) is 0 Å². The maximum absolute atomic E-state index is 11.9. The first-order chi connectivity index (χ1) is 8.84. The molecule has 0 saturated carbocycles. The van der Waals surface area contributed by atoms with Crippen LogP contribution < -0.4 is 5.32 Å². The van der Waals surface area contributed by atoms with Crippen LogP contribution in [0.15, 0.2) is 0 Å². The van der Waals surface area contributed by atoms with E-state index in [4.69, 9.17) is 9.84 Å². The number of rotatable bonds is 9. The molecule has 0 aromatic heterocycles. The van der Waals surface area contributed by atoms with Crippen LogP contribution in [0.5, 0.6) is 0 Å². The summed E-state index contributed by atoms with van der Waals surface area (Å²) in [7, 11) is 0. The third-order valence-electron chi connectivity index (χ3n) is 2.43. The predicted molar refractivity (Wildman–Crippen MR) is 73.2 cm³/mol. The molecule has 0 fully saturated rings. The first-order valence-electron chi connectivity index (χ1n) is 6.68. The van der Waals surface area contributed by atoms with Crippen molar-refractivity contribution in [3.8, 4) is 0 Å². The Morgan fingerprint density at radius 2 is 1.84 bits per heavy atom. The molecule has 0 aliphatic heterocycles. The number of urea groups is 1. The van der Waals surface area contributed by atoms with Crippen LogP contribution in [0, 0.1) is 5.92 Å². The molecule has 2 amide bonds. The van der Waals surface area contributed by atoms with E-state index in [0.29, 0.717) is 25.6 Å². The summed E-state index contributed by atoms with van der Waals surface area (Å²) in [4.78, 5) is 24.0. The van der Waals surface area contributed by atoms with E-state index in [1.165, 1.54) is 0 Å². The second kappa shape index (κ2) is 9.61. The van der Waals surface area contributed by atoms with Crippen molar-refractivity contribution in [3.05, 3.63) is 0 Å². The molecule has 0 aliphatic rings. The SMILES string of the molecule is CC(C)CN(C(=O)NCCOCCC(=O)O)C(C)C. The van der Waals surface area contributed by atoms with Gasteiger partial charge in [-0.1, -0.05) is 13.8 Å². The molecule has 0 spiro atoms. The lowest BCUT2D eigenvalue weighted by Crippen LogP contribution is -2.46. The number of nitrogens with one attached hydrogen (secondary N) is 1. The Labute approximate surface area is 115 Å². The van der Waals surface area contributed by atoms with Crippen LogP contribution in [0.2, 0.25) is 0 Å². The lowest BCUT2D eigenvalue weighted by atomic mass is 10.2. The average Bonchev–Trinajstić information content (AvgIpc) is 2.29. The summed E-state index contributed by atoms with van der Waals surface area (Å²) in [5.41, 5.74) is 0. The van der Waals surface area contributed by atoms with Gasteiger partial charge in [0.1, 0.15) is 0 Å². The summed E-state index contributed by atoms with van der Waals surface area (Å²) in [5, 5.41) is 11.2. The van der Waals surface area contributed by atoms with Crippen LogP contribution in [0.1, 0.15) is 34.1 Å². The molecule has 0 aliphatic carbocycles. The molecule has 0 atom stereocenters. The number of carbonyl (C=O) groups is 2. The average molecular weight is 274 g/mol. The van der Waals surface area contributed by atoms with Crippen LogP contribution in [-0.2, 0) is 9.53 Å². The molecule has 0 aromatic carbocycles. The van der Waals surface area contributed by atoms with Gasteiger partial charge in [0.15, 0.2) is 0 Å². The van der Waals surface area contributed by atoms with Crippen molar-refractivity contribution in [1.29, 1.82) is 0 Å². The first kappa shape index (κ1) is 17.7. The van der Waals surface area contributed by atoms with Gasteiger partial charge in [0, 0.05) is 19.1 Å². The van der Waals surface area contributed by atoms with Gasteiger partial charge in [0.05, 0.1) is 19.6 Å². The van der Waals surface area contributed by atoms with Crippen molar-refractivity contribution in [2.75, 3.05) is 26.3 Å². The fraction of sp³-hybridized carbons (Fsp3) is 0.846. The van der Waals surface area contributed by atoms with Gasteiger partial charge in [-0.3, -0.25) is 4.79 Å². The smallest absolute Gasteiger partial charge is 0.317 e. The van der Waals surface area contributed by atoms with Crippen molar-refractivity contribution in [3.63, 3.8) is 0 Å². The fourth-order valence-corrected chi connectivity index (χ4v) is 1.51. The number of nitrogens with zero attached hydrogens (tertiary/aromatic N) is 1. The minimum atomic E-state index is -0.882. The highest BCUT2D eigenvalue weighted by Gasteiger charge is 2.17. The van der Waals surface area contributed by atoms with Gasteiger partial charge < -0.3 is 20.1 Å². The molecule has 0 radical (unpaired) electrons. The quantitative estimate of drug-likeness (QED) is 0.625. The lowest BCUT2D eigenvalue weighted by Gasteiger charge is -2.28. The van der Waals surface area contributed by atoms with E-state index in [2.05, 4.69) is 19.2 Å². The largest absolute Gasteiger partial charge is 0.481 e. The van der Waals surface area contributed by atoms with E-state index in [9.17, 15) is 9.59 Å². The van der Waals surface area contributed by atoms with Gasteiger partial charge in [-0.2, -0.15) is 0 Å². The van der Waals surface area contributed by atoms with Crippen molar-refractivity contribution in [1.82, 2.24) is 10.2 Å². The molecular weight excluding hydrogens is 248 g/mol. The van der Waals surface area contributed by atoms with Crippen LogP contribution in [0.4, 0.5) is 4.79 Å². The topological polar surface area (TPSA) is 78.9 Å². The molecule has 112 valence electrons. The van der Waals surface area contributed by atoms with E-state index in [0.717, 1.165) is 0 Å². The van der Waals surface area contributed by atoms with E-state index in [-0.39, 0.29) is 25.1 Å². The third-order valence-corrected chi connectivity index (χ3v) is 2.43. The minimum absolute atomic E-state index is 0.0145. The first-order valence-corrected chi connectivity index (χ1v) is 6.68. The molecule has 0 aromatic rings. The van der Waals surface area contributed by atoms with E-state index >= 15 is 0 Å². The Morgan fingerprint density at radius 1 is 1.21 bits per heavy atom. The number of aliphatic carboxylic acids is 1. The summed E-state index contributed by atoms with van der Waals surface area (Å²) in [6.07, 6.45) is -0.0145. The van der Waals surface area contributed by atoms with Crippen molar-refractivity contribution in [2.45, 2.75) is 40.2 Å². The number of ether oxygens (including phenoxy) is 1. The van der Waals surface area contributed by atoms with E-state index in [1.54, 1.807) is 4.90 Å². The van der Waals surface area contributed by atoms with Crippen molar-refractivity contribution < 1.29 is 19.4 Å². The summed E-state index contributed by atoms with van der Waals surface area (Å²) in [5.74, 6) is -0.466. The molecule has 0 rings (SSSR count). The van der Waals surface area contributed by atoms with Crippen molar-refractivity contribution >= 4 is 12.0 Å². The Balaban J connectivity index is 3.84. The number of carboxylic acids is 1. The normalized spacial score (nSPS) is 10.8. The zero-order chi connectivity index (χ0) is 14.8. The Hall–Kier alpha value is -1.30. The third kappa shape index (κ3) is 9.30. The molecule has 0 unspecified atom stereocenters. The molecule has 6 heteroatoms. The second-order valence-corrected chi connectivity index (χ2v) is 5.13.